The van der Waals surface area contributed by atoms with Crippen molar-refractivity contribution in [1.29, 1.82) is 0 Å². The monoisotopic (exact) mass is 207 g/mol. The lowest BCUT2D eigenvalue weighted by Gasteiger charge is -2.27. The van der Waals surface area contributed by atoms with E-state index in [1.807, 2.05) is 38.1 Å². The highest BCUT2D eigenvalue weighted by atomic mass is 16.5. The van der Waals surface area contributed by atoms with E-state index < -0.39 is 5.54 Å². The Balaban J connectivity index is 3.07. The van der Waals surface area contributed by atoms with E-state index in [4.69, 9.17) is 4.74 Å². The molecule has 0 atom stereocenters. The van der Waals surface area contributed by atoms with Crippen LogP contribution in [0.2, 0.25) is 0 Å². The molecule has 3 nitrogen and oxygen atoms in total. The fourth-order valence-electron chi connectivity index (χ4n) is 1.67. The van der Waals surface area contributed by atoms with Gasteiger partial charge >= 0.3 is 0 Å². The zero-order valence-corrected chi connectivity index (χ0v) is 9.63. The van der Waals surface area contributed by atoms with E-state index >= 15 is 0 Å². The van der Waals surface area contributed by atoms with Gasteiger partial charge in [-0.1, -0.05) is 18.2 Å². The van der Waals surface area contributed by atoms with Gasteiger partial charge in [0.1, 0.15) is 5.75 Å². The van der Waals surface area contributed by atoms with Gasteiger partial charge in [-0.25, -0.2) is 0 Å². The molecule has 0 heterocycles. The number of para-hydroxylation sites is 1. The quantitative estimate of drug-likeness (QED) is 0.824. The summed E-state index contributed by atoms with van der Waals surface area (Å²) in [4.78, 5) is 11.1. The number of hydrogen-bond donors (Lipinski definition) is 1. The topological polar surface area (TPSA) is 38.3 Å². The van der Waals surface area contributed by atoms with Crippen LogP contribution in [0.25, 0.3) is 0 Å². The lowest BCUT2D eigenvalue weighted by Crippen LogP contribution is -2.39. The standard InChI is InChI=1S/C12H17NO2/c1-9(14)13-12(2,3)10-7-5-6-8-11(10)15-4/h5-8H,1-4H3,(H,13,14). The van der Waals surface area contributed by atoms with Crippen LogP contribution in [0.3, 0.4) is 0 Å². The highest BCUT2D eigenvalue weighted by Gasteiger charge is 2.24. The smallest absolute Gasteiger partial charge is 0.217 e. The minimum absolute atomic E-state index is 0.0501. The highest BCUT2D eigenvalue weighted by Crippen LogP contribution is 2.28. The van der Waals surface area contributed by atoms with Crippen molar-refractivity contribution in [2.45, 2.75) is 26.3 Å². The summed E-state index contributed by atoms with van der Waals surface area (Å²) in [5.74, 6) is 0.738. The van der Waals surface area contributed by atoms with Crippen LogP contribution >= 0.6 is 0 Å². The van der Waals surface area contributed by atoms with Gasteiger partial charge in [0.2, 0.25) is 5.91 Å². The number of carbonyl (C=O) groups excluding carboxylic acids is 1. The van der Waals surface area contributed by atoms with E-state index in [0.29, 0.717) is 0 Å². The summed E-state index contributed by atoms with van der Waals surface area (Å²) in [7, 11) is 1.63. The Bertz CT molecular complexity index is 358. The fourth-order valence-corrected chi connectivity index (χ4v) is 1.67. The fraction of sp³-hybridized carbons (Fsp3) is 0.417. The van der Waals surface area contributed by atoms with Crippen molar-refractivity contribution < 1.29 is 9.53 Å². The molecule has 0 aromatic heterocycles. The molecule has 1 aromatic rings. The van der Waals surface area contributed by atoms with Crippen LogP contribution in [-0.2, 0) is 10.3 Å². The third kappa shape index (κ3) is 2.72. The Kier molecular flexibility index (Phi) is 3.35. The largest absolute Gasteiger partial charge is 0.496 e. The minimum Gasteiger partial charge on any atom is -0.496 e. The molecule has 3 heteroatoms. The zero-order valence-electron chi connectivity index (χ0n) is 9.63. The Labute approximate surface area is 90.4 Å². The number of benzene rings is 1. The molecular formula is C12H17NO2. The first-order chi connectivity index (χ1) is 6.97. The maximum Gasteiger partial charge on any atom is 0.217 e. The molecule has 1 aromatic carbocycles. The van der Waals surface area contributed by atoms with Crippen molar-refractivity contribution >= 4 is 5.91 Å². The van der Waals surface area contributed by atoms with Gasteiger partial charge in [-0.2, -0.15) is 0 Å². The van der Waals surface area contributed by atoms with Crippen LogP contribution in [0.5, 0.6) is 5.75 Å². The molecule has 0 unspecified atom stereocenters. The first-order valence-electron chi connectivity index (χ1n) is 4.89. The maximum absolute atomic E-state index is 11.1. The number of nitrogens with one attached hydrogen (secondary N) is 1. The van der Waals surface area contributed by atoms with Gasteiger partial charge in [0.05, 0.1) is 12.6 Å². The molecule has 0 saturated carbocycles. The van der Waals surface area contributed by atoms with E-state index in [1.165, 1.54) is 6.92 Å². The predicted molar refractivity (Wildman–Crippen MR) is 59.8 cm³/mol. The second-order valence-corrected chi connectivity index (χ2v) is 4.01. The number of rotatable bonds is 3. The van der Waals surface area contributed by atoms with Crippen molar-refractivity contribution in [2.75, 3.05) is 7.11 Å². The van der Waals surface area contributed by atoms with E-state index in [1.54, 1.807) is 7.11 Å². The first-order valence-corrected chi connectivity index (χ1v) is 4.89. The van der Waals surface area contributed by atoms with Gasteiger partial charge in [0.25, 0.3) is 0 Å². The van der Waals surface area contributed by atoms with E-state index in [-0.39, 0.29) is 5.91 Å². The molecule has 0 aliphatic rings. The van der Waals surface area contributed by atoms with Gasteiger partial charge in [-0.3, -0.25) is 4.79 Å². The molecule has 82 valence electrons. The first kappa shape index (κ1) is 11.6. The third-order valence-corrected chi connectivity index (χ3v) is 2.27. The van der Waals surface area contributed by atoms with Gasteiger partial charge in [-0.15, -0.1) is 0 Å². The summed E-state index contributed by atoms with van der Waals surface area (Å²) in [6, 6.07) is 7.68. The van der Waals surface area contributed by atoms with Crippen LogP contribution in [0.4, 0.5) is 0 Å². The van der Waals surface area contributed by atoms with E-state index in [9.17, 15) is 4.79 Å². The molecule has 0 aliphatic heterocycles. The summed E-state index contributed by atoms with van der Waals surface area (Å²) in [5, 5.41) is 2.89. The van der Waals surface area contributed by atoms with Gasteiger partial charge in [0.15, 0.2) is 0 Å². The average Bonchev–Trinajstić information content (AvgIpc) is 2.16. The van der Waals surface area contributed by atoms with Crippen LogP contribution in [0, 0.1) is 0 Å². The molecule has 15 heavy (non-hydrogen) atoms. The second kappa shape index (κ2) is 4.34. The summed E-state index contributed by atoms with van der Waals surface area (Å²) in [6.45, 7) is 5.41. The molecule has 0 fully saturated rings. The van der Waals surface area contributed by atoms with Gasteiger partial charge in [0, 0.05) is 12.5 Å². The van der Waals surface area contributed by atoms with Crippen molar-refractivity contribution in [1.82, 2.24) is 5.32 Å². The Hall–Kier alpha value is -1.51. The third-order valence-electron chi connectivity index (χ3n) is 2.27. The van der Waals surface area contributed by atoms with Crippen LogP contribution < -0.4 is 10.1 Å². The average molecular weight is 207 g/mol. The molecule has 1 N–H and O–H groups in total. The Morgan fingerprint density at radius 1 is 1.33 bits per heavy atom. The summed E-state index contributed by atoms with van der Waals surface area (Å²) < 4.78 is 5.26. The van der Waals surface area contributed by atoms with Crippen molar-refractivity contribution in [2.24, 2.45) is 0 Å². The molecule has 0 spiro atoms. The van der Waals surface area contributed by atoms with Crippen LogP contribution in [0.1, 0.15) is 26.3 Å². The highest BCUT2D eigenvalue weighted by molar-refractivity contribution is 5.74. The summed E-state index contributed by atoms with van der Waals surface area (Å²) >= 11 is 0. The van der Waals surface area contributed by atoms with Crippen LogP contribution in [-0.4, -0.2) is 13.0 Å². The predicted octanol–water partition coefficient (Wildman–Crippen LogP) is 2.07. The molecule has 1 rings (SSSR count). The number of amides is 1. The second-order valence-electron chi connectivity index (χ2n) is 4.01. The number of hydrogen-bond acceptors (Lipinski definition) is 2. The van der Waals surface area contributed by atoms with Gasteiger partial charge < -0.3 is 10.1 Å². The molecule has 0 saturated heterocycles. The normalized spacial score (nSPS) is 10.9. The molecule has 1 amide bonds. The molecule has 0 radical (unpaired) electrons. The Morgan fingerprint density at radius 2 is 1.93 bits per heavy atom. The molecule has 0 bridgehead atoms. The van der Waals surface area contributed by atoms with E-state index in [2.05, 4.69) is 5.32 Å². The maximum atomic E-state index is 11.1. The lowest BCUT2D eigenvalue weighted by atomic mass is 9.93. The number of ether oxygens (including phenoxy) is 1. The van der Waals surface area contributed by atoms with Crippen molar-refractivity contribution in [3.63, 3.8) is 0 Å². The van der Waals surface area contributed by atoms with Gasteiger partial charge in [-0.05, 0) is 19.9 Å². The van der Waals surface area contributed by atoms with Crippen molar-refractivity contribution in [3.05, 3.63) is 29.8 Å². The molecular weight excluding hydrogens is 190 g/mol. The number of methoxy groups -OCH3 is 1. The zero-order chi connectivity index (χ0) is 11.5. The SMILES string of the molecule is COc1ccccc1C(C)(C)NC(C)=O. The minimum atomic E-state index is -0.418. The summed E-state index contributed by atoms with van der Waals surface area (Å²) in [5.41, 5.74) is 0.557. The summed E-state index contributed by atoms with van der Waals surface area (Å²) in [6.07, 6.45) is 0. The Morgan fingerprint density at radius 3 is 2.47 bits per heavy atom. The van der Waals surface area contributed by atoms with Crippen molar-refractivity contribution in [3.8, 4) is 5.75 Å². The van der Waals surface area contributed by atoms with E-state index in [0.717, 1.165) is 11.3 Å². The number of carbonyl (C=O) groups is 1. The lowest BCUT2D eigenvalue weighted by molar-refractivity contribution is -0.120. The molecule has 0 aliphatic carbocycles. The van der Waals surface area contributed by atoms with Crippen LogP contribution in [0.15, 0.2) is 24.3 Å².